The van der Waals surface area contributed by atoms with Crippen LogP contribution < -0.4 is 0 Å². The minimum Gasteiger partial charge on any atom is -0.481 e. The maximum absolute atomic E-state index is 11.2. The molecule has 0 saturated heterocycles. The maximum atomic E-state index is 11.2. The van der Waals surface area contributed by atoms with E-state index in [1.807, 2.05) is 25.1 Å². The highest BCUT2D eigenvalue weighted by molar-refractivity contribution is 5.99. The van der Waals surface area contributed by atoms with Crippen molar-refractivity contribution in [2.45, 2.75) is 45.4 Å². The summed E-state index contributed by atoms with van der Waals surface area (Å²) in [4.78, 5) is 15.8. The number of aliphatic carboxylic acids is 1. The molecule has 1 saturated carbocycles. The Morgan fingerprint density at radius 3 is 2.73 bits per heavy atom. The Labute approximate surface area is 131 Å². The number of carbonyl (C=O) groups is 1. The molecule has 116 valence electrons. The smallest absolute Gasteiger partial charge is 0.303 e. The number of aliphatic imine (C=N–C) groups is 1. The minimum absolute atomic E-state index is 0.196. The van der Waals surface area contributed by atoms with E-state index in [2.05, 4.69) is 11.1 Å². The molecule has 0 aromatic heterocycles. The maximum Gasteiger partial charge on any atom is 0.303 e. The lowest BCUT2D eigenvalue weighted by Crippen LogP contribution is -2.30. The lowest BCUT2D eigenvalue weighted by atomic mass is 9.72. The summed E-state index contributed by atoms with van der Waals surface area (Å²) >= 11 is 0. The number of nitrogens with zero attached hydrogens (tertiary/aromatic N) is 2. The molecule has 1 N–H and O–H groups in total. The molecule has 0 atom stereocenters. The first-order valence-corrected chi connectivity index (χ1v) is 7.78. The summed E-state index contributed by atoms with van der Waals surface area (Å²) in [6, 6.07) is 9.50. The Kier molecular flexibility index (Phi) is 5.32. The van der Waals surface area contributed by atoms with Crippen molar-refractivity contribution in [3.8, 4) is 6.07 Å². The normalized spacial score (nSPS) is 17.7. The Bertz CT molecular complexity index is 608. The second-order valence-corrected chi connectivity index (χ2v) is 6.23. The molecule has 0 aliphatic heterocycles. The molecule has 0 heterocycles. The van der Waals surface area contributed by atoms with Gasteiger partial charge in [0, 0.05) is 17.7 Å². The fraction of sp³-hybridized carbons (Fsp3) is 0.500. The van der Waals surface area contributed by atoms with Crippen LogP contribution in [0, 0.1) is 16.7 Å². The van der Waals surface area contributed by atoms with Crippen molar-refractivity contribution in [2.75, 3.05) is 6.54 Å². The lowest BCUT2D eigenvalue weighted by Gasteiger charge is -2.34. The monoisotopic (exact) mass is 298 g/mol. The van der Waals surface area contributed by atoms with Gasteiger partial charge in [0.1, 0.15) is 0 Å². The highest BCUT2D eigenvalue weighted by atomic mass is 16.4. The van der Waals surface area contributed by atoms with Crippen molar-refractivity contribution in [1.82, 2.24) is 0 Å². The first-order chi connectivity index (χ1) is 10.5. The molecule has 1 aliphatic carbocycles. The average Bonchev–Trinajstić information content (AvgIpc) is 2.53. The summed E-state index contributed by atoms with van der Waals surface area (Å²) < 4.78 is 0. The summed E-state index contributed by atoms with van der Waals surface area (Å²) in [5.41, 5.74) is 2.22. The lowest BCUT2D eigenvalue weighted by molar-refractivity contribution is -0.140. The third-order valence-electron chi connectivity index (χ3n) is 4.50. The van der Waals surface area contributed by atoms with Crippen molar-refractivity contribution < 1.29 is 9.90 Å². The van der Waals surface area contributed by atoms with Gasteiger partial charge >= 0.3 is 5.97 Å². The van der Waals surface area contributed by atoms with E-state index in [9.17, 15) is 9.90 Å². The van der Waals surface area contributed by atoms with Crippen LogP contribution in [0.5, 0.6) is 0 Å². The van der Waals surface area contributed by atoms with Gasteiger partial charge in [0.15, 0.2) is 0 Å². The van der Waals surface area contributed by atoms with Crippen LogP contribution in [-0.2, 0) is 4.79 Å². The molecular formula is C18H22N2O2. The molecule has 1 fully saturated rings. The van der Waals surface area contributed by atoms with E-state index in [1.54, 1.807) is 6.07 Å². The molecule has 0 bridgehead atoms. The molecule has 2 rings (SSSR count). The topological polar surface area (TPSA) is 73.4 Å². The highest BCUT2D eigenvalue weighted by Crippen LogP contribution is 2.39. The van der Waals surface area contributed by atoms with E-state index < -0.39 is 5.97 Å². The van der Waals surface area contributed by atoms with Gasteiger partial charge in [0.25, 0.3) is 0 Å². The summed E-state index contributed by atoms with van der Waals surface area (Å²) in [6.07, 6.45) is 5.44. The van der Waals surface area contributed by atoms with Crippen LogP contribution in [0.15, 0.2) is 29.3 Å². The number of carboxylic acids is 1. The van der Waals surface area contributed by atoms with E-state index in [-0.39, 0.29) is 11.8 Å². The fourth-order valence-electron chi connectivity index (χ4n) is 3.20. The molecule has 1 aliphatic rings. The highest BCUT2D eigenvalue weighted by Gasteiger charge is 2.34. The van der Waals surface area contributed by atoms with Gasteiger partial charge in [-0.2, -0.15) is 5.26 Å². The third-order valence-corrected chi connectivity index (χ3v) is 4.50. The van der Waals surface area contributed by atoms with Gasteiger partial charge in [0.2, 0.25) is 0 Å². The third kappa shape index (κ3) is 4.17. The number of hydrogen-bond donors (Lipinski definition) is 1. The Hall–Kier alpha value is -2.15. The Morgan fingerprint density at radius 2 is 2.09 bits per heavy atom. The van der Waals surface area contributed by atoms with E-state index in [4.69, 9.17) is 5.26 Å². The van der Waals surface area contributed by atoms with Crippen molar-refractivity contribution in [3.63, 3.8) is 0 Å². The Balaban J connectivity index is 2.15. The fourth-order valence-corrected chi connectivity index (χ4v) is 3.20. The number of nitriles is 1. The molecule has 0 amide bonds. The van der Waals surface area contributed by atoms with Crippen LogP contribution in [0.1, 0.15) is 56.6 Å². The standard InChI is InChI=1S/C18H22N2O2/c1-14(16-7-5-6-15(10-16)12-19)20-13-18(11-17(21)22)8-3-2-4-9-18/h5-7,10H,2-4,8-9,11,13H2,1H3,(H,21,22). The number of benzene rings is 1. The predicted octanol–water partition coefficient (Wildman–Crippen LogP) is 3.79. The second-order valence-electron chi connectivity index (χ2n) is 6.23. The van der Waals surface area contributed by atoms with Crippen LogP contribution in [0.2, 0.25) is 0 Å². The molecule has 0 radical (unpaired) electrons. The van der Waals surface area contributed by atoms with E-state index in [0.29, 0.717) is 12.1 Å². The van der Waals surface area contributed by atoms with E-state index >= 15 is 0 Å². The molecule has 0 unspecified atom stereocenters. The summed E-state index contributed by atoms with van der Waals surface area (Å²) in [6.45, 7) is 2.48. The van der Waals surface area contributed by atoms with Crippen molar-refractivity contribution >= 4 is 11.7 Å². The van der Waals surface area contributed by atoms with Crippen LogP contribution in [0.4, 0.5) is 0 Å². The molecule has 1 aromatic rings. The summed E-state index contributed by atoms with van der Waals surface area (Å²) in [5, 5.41) is 18.2. The van der Waals surface area contributed by atoms with Gasteiger partial charge in [0.05, 0.1) is 18.1 Å². The first kappa shape index (κ1) is 16.2. The van der Waals surface area contributed by atoms with Crippen molar-refractivity contribution in [2.24, 2.45) is 10.4 Å². The van der Waals surface area contributed by atoms with Gasteiger partial charge < -0.3 is 5.11 Å². The van der Waals surface area contributed by atoms with Crippen LogP contribution in [0.25, 0.3) is 0 Å². The zero-order chi connectivity index (χ0) is 16.0. The molecule has 4 heteroatoms. The van der Waals surface area contributed by atoms with Crippen molar-refractivity contribution in [3.05, 3.63) is 35.4 Å². The zero-order valence-corrected chi connectivity index (χ0v) is 13.0. The van der Waals surface area contributed by atoms with Gasteiger partial charge in [-0.15, -0.1) is 0 Å². The predicted molar refractivity (Wildman–Crippen MR) is 86.0 cm³/mol. The molecular weight excluding hydrogens is 276 g/mol. The quantitative estimate of drug-likeness (QED) is 0.840. The molecule has 0 spiro atoms. The Morgan fingerprint density at radius 1 is 1.36 bits per heavy atom. The van der Waals surface area contributed by atoms with E-state index in [0.717, 1.165) is 37.0 Å². The van der Waals surface area contributed by atoms with Gasteiger partial charge in [-0.3, -0.25) is 9.79 Å². The summed E-state index contributed by atoms with van der Waals surface area (Å²) in [7, 11) is 0. The minimum atomic E-state index is -0.735. The average molecular weight is 298 g/mol. The molecule has 4 nitrogen and oxygen atoms in total. The SMILES string of the molecule is CC(=NCC1(CC(=O)O)CCCCC1)c1cccc(C#N)c1. The zero-order valence-electron chi connectivity index (χ0n) is 13.0. The number of carboxylic acid groups (broad SMARTS) is 1. The number of rotatable bonds is 5. The van der Waals surface area contributed by atoms with E-state index in [1.165, 1.54) is 6.42 Å². The largest absolute Gasteiger partial charge is 0.481 e. The van der Waals surface area contributed by atoms with Crippen LogP contribution >= 0.6 is 0 Å². The van der Waals surface area contributed by atoms with Crippen LogP contribution in [-0.4, -0.2) is 23.3 Å². The second kappa shape index (κ2) is 7.22. The van der Waals surface area contributed by atoms with Gasteiger partial charge in [-0.25, -0.2) is 0 Å². The first-order valence-electron chi connectivity index (χ1n) is 7.78. The van der Waals surface area contributed by atoms with Crippen LogP contribution in [0.3, 0.4) is 0 Å². The van der Waals surface area contributed by atoms with Gasteiger partial charge in [-0.05, 0) is 37.5 Å². The van der Waals surface area contributed by atoms with Gasteiger partial charge in [-0.1, -0.05) is 31.4 Å². The molecule has 22 heavy (non-hydrogen) atoms. The number of hydrogen-bond acceptors (Lipinski definition) is 3. The van der Waals surface area contributed by atoms with Crippen molar-refractivity contribution in [1.29, 1.82) is 5.26 Å². The molecule has 1 aromatic carbocycles. The summed E-state index contributed by atoms with van der Waals surface area (Å²) in [5.74, 6) is -0.735.